The average Bonchev–Trinajstić information content (AvgIpc) is 3.46. The van der Waals surface area contributed by atoms with Gasteiger partial charge < -0.3 is 19.2 Å². The second kappa shape index (κ2) is 7.72. The third-order valence-corrected chi connectivity index (χ3v) is 6.58. The van der Waals surface area contributed by atoms with Gasteiger partial charge in [-0.15, -0.1) is 21.5 Å². The summed E-state index contributed by atoms with van der Waals surface area (Å²) in [6.07, 6.45) is 5.24. The molecule has 1 aliphatic heterocycles. The quantitative estimate of drug-likeness (QED) is 0.574. The van der Waals surface area contributed by atoms with Crippen molar-refractivity contribution >= 4 is 34.7 Å². The van der Waals surface area contributed by atoms with Crippen molar-refractivity contribution in [2.24, 2.45) is 0 Å². The van der Waals surface area contributed by atoms with Crippen LogP contribution in [0, 0.1) is 0 Å². The molecule has 1 amide bonds. The highest BCUT2D eigenvalue weighted by Crippen LogP contribution is 2.46. The summed E-state index contributed by atoms with van der Waals surface area (Å²) in [7, 11) is 0. The predicted octanol–water partition coefficient (Wildman–Crippen LogP) is 4.96. The van der Waals surface area contributed by atoms with Gasteiger partial charge in [0.1, 0.15) is 0 Å². The Morgan fingerprint density at radius 3 is 2.83 bits per heavy atom. The maximum absolute atomic E-state index is 12.3. The number of carbonyl (C=O) groups is 1. The molecule has 1 aliphatic carbocycles. The van der Waals surface area contributed by atoms with Crippen LogP contribution in [0.1, 0.15) is 32.1 Å². The smallest absolute Gasteiger partial charge is 0.277 e. The fourth-order valence-electron chi connectivity index (χ4n) is 3.56. The highest BCUT2D eigenvalue weighted by molar-refractivity contribution is 7.99. The molecular weight excluding hydrogens is 410 g/mol. The van der Waals surface area contributed by atoms with Crippen LogP contribution in [-0.2, 0) is 4.79 Å². The summed E-state index contributed by atoms with van der Waals surface area (Å²) in [5, 5.41) is 13.2. The second-order valence-electron chi connectivity index (χ2n) is 7.02. The summed E-state index contributed by atoms with van der Waals surface area (Å²) < 4.78 is 17.8. The Hall–Kier alpha value is -2.52. The monoisotopic (exact) mass is 429 g/mol. The molecule has 1 N–H and O–H groups in total. The lowest BCUT2D eigenvalue weighted by atomic mass is 9.94. The Balaban J connectivity index is 1.17. The molecule has 7 nitrogen and oxygen atoms in total. The molecule has 2 aliphatic rings. The summed E-state index contributed by atoms with van der Waals surface area (Å²) in [5.41, 5.74) is 0.676. The number of benzene rings is 1. The summed E-state index contributed by atoms with van der Waals surface area (Å²) in [6, 6.07) is 9.34. The average molecular weight is 430 g/mol. The number of fused-ring (bicyclic) bond motifs is 1. The van der Waals surface area contributed by atoms with Crippen molar-refractivity contribution in [3.63, 3.8) is 0 Å². The zero-order valence-electron chi connectivity index (χ0n) is 15.6. The van der Waals surface area contributed by atoms with Crippen LogP contribution in [0.5, 0.6) is 11.5 Å². The predicted molar refractivity (Wildman–Crippen MR) is 110 cm³/mol. The zero-order chi connectivity index (χ0) is 19.7. The van der Waals surface area contributed by atoms with Crippen molar-refractivity contribution < 1.29 is 18.7 Å². The summed E-state index contributed by atoms with van der Waals surface area (Å²) in [6.45, 7) is 0. The van der Waals surface area contributed by atoms with E-state index in [0.717, 1.165) is 36.3 Å². The number of hydrogen-bond donors (Lipinski definition) is 1. The summed E-state index contributed by atoms with van der Waals surface area (Å²) in [5.74, 6) is 1.40. The summed E-state index contributed by atoms with van der Waals surface area (Å²) >= 11 is 2.73. The number of thioether (sulfide) groups is 1. The lowest BCUT2D eigenvalue weighted by Gasteiger charge is -2.31. The normalized spacial score (nSPS) is 16.8. The van der Waals surface area contributed by atoms with E-state index in [-0.39, 0.29) is 11.7 Å². The van der Waals surface area contributed by atoms with E-state index in [1.807, 2.05) is 35.7 Å². The number of amides is 1. The number of ether oxygens (including phenoxy) is 2. The maximum atomic E-state index is 12.3. The van der Waals surface area contributed by atoms with E-state index in [2.05, 4.69) is 15.5 Å². The Bertz CT molecular complexity index is 1010. The van der Waals surface area contributed by atoms with E-state index in [1.54, 1.807) is 0 Å². The molecule has 0 bridgehead atoms. The topological polar surface area (TPSA) is 86.5 Å². The molecule has 29 heavy (non-hydrogen) atoms. The first-order valence-corrected chi connectivity index (χ1v) is 11.4. The van der Waals surface area contributed by atoms with Crippen molar-refractivity contribution in [3.8, 4) is 22.3 Å². The molecule has 1 fully saturated rings. The van der Waals surface area contributed by atoms with Gasteiger partial charge in [0.2, 0.25) is 5.91 Å². The largest absolute Gasteiger partial charge is 0.448 e. The van der Waals surface area contributed by atoms with Crippen LogP contribution < -0.4 is 14.8 Å². The van der Waals surface area contributed by atoms with Crippen molar-refractivity contribution in [1.82, 2.24) is 10.2 Å². The Morgan fingerprint density at radius 1 is 1.14 bits per heavy atom. The van der Waals surface area contributed by atoms with E-state index in [0.29, 0.717) is 22.6 Å². The van der Waals surface area contributed by atoms with Gasteiger partial charge in [-0.25, -0.2) is 0 Å². The van der Waals surface area contributed by atoms with E-state index >= 15 is 0 Å². The first kappa shape index (κ1) is 18.5. The van der Waals surface area contributed by atoms with Crippen molar-refractivity contribution in [3.05, 3.63) is 35.7 Å². The van der Waals surface area contributed by atoms with Crippen molar-refractivity contribution in [2.75, 3.05) is 11.1 Å². The molecule has 1 spiro atoms. The third-order valence-electron chi connectivity index (χ3n) is 4.90. The number of thiophene rings is 1. The third kappa shape index (κ3) is 3.97. The molecule has 2 aromatic heterocycles. The number of rotatable bonds is 5. The van der Waals surface area contributed by atoms with E-state index in [9.17, 15) is 4.79 Å². The molecule has 1 aromatic carbocycles. The SMILES string of the molecule is O=C(CSc1nnc(-c2cccs2)o1)Nc1ccc2c(c1)OC1(CCCCC1)O2. The molecular formula is C20H19N3O4S2. The first-order valence-electron chi connectivity index (χ1n) is 9.51. The minimum atomic E-state index is -0.517. The molecule has 1 saturated carbocycles. The van der Waals surface area contributed by atoms with Crippen LogP contribution in [0.4, 0.5) is 5.69 Å². The molecule has 0 radical (unpaired) electrons. The van der Waals surface area contributed by atoms with Gasteiger partial charge in [-0.05, 0) is 36.4 Å². The Morgan fingerprint density at radius 2 is 2.00 bits per heavy atom. The molecule has 3 heterocycles. The zero-order valence-corrected chi connectivity index (χ0v) is 17.2. The van der Waals surface area contributed by atoms with E-state index in [1.165, 1.54) is 29.5 Å². The van der Waals surface area contributed by atoms with Crippen LogP contribution in [-0.4, -0.2) is 27.6 Å². The fraction of sp³-hybridized carbons (Fsp3) is 0.350. The van der Waals surface area contributed by atoms with Gasteiger partial charge in [-0.2, -0.15) is 0 Å². The number of hydrogen-bond acceptors (Lipinski definition) is 8. The van der Waals surface area contributed by atoms with E-state index < -0.39 is 5.79 Å². The molecule has 150 valence electrons. The standard InChI is InChI=1S/C20H19N3O4S2/c24-17(12-29-19-23-22-18(25-19)16-5-4-10-28-16)21-13-6-7-14-15(11-13)27-20(26-14)8-2-1-3-9-20/h4-7,10-11H,1-3,8-9,12H2,(H,21,24). The van der Waals surface area contributed by atoms with Gasteiger partial charge in [-0.1, -0.05) is 24.2 Å². The van der Waals surface area contributed by atoms with Crippen molar-refractivity contribution in [1.29, 1.82) is 0 Å². The van der Waals surface area contributed by atoms with E-state index in [4.69, 9.17) is 13.9 Å². The maximum Gasteiger partial charge on any atom is 0.277 e. The summed E-state index contributed by atoms with van der Waals surface area (Å²) in [4.78, 5) is 13.2. The molecule has 9 heteroatoms. The second-order valence-corrected chi connectivity index (χ2v) is 8.90. The van der Waals surface area contributed by atoms with Gasteiger partial charge in [0.25, 0.3) is 16.9 Å². The van der Waals surface area contributed by atoms with Gasteiger partial charge in [0, 0.05) is 24.6 Å². The van der Waals surface area contributed by atoms with Crippen LogP contribution >= 0.6 is 23.1 Å². The lowest BCUT2D eigenvalue weighted by molar-refractivity contribution is -0.113. The molecule has 5 rings (SSSR count). The van der Waals surface area contributed by atoms with Crippen LogP contribution in [0.25, 0.3) is 10.8 Å². The Labute approximate surface area is 175 Å². The van der Waals surface area contributed by atoms with Crippen molar-refractivity contribution in [2.45, 2.75) is 43.1 Å². The van der Waals surface area contributed by atoms with Gasteiger partial charge in [-0.3, -0.25) is 4.79 Å². The lowest BCUT2D eigenvalue weighted by Crippen LogP contribution is -2.40. The number of anilines is 1. The number of nitrogens with zero attached hydrogens (tertiary/aromatic N) is 2. The number of carbonyl (C=O) groups excluding carboxylic acids is 1. The minimum absolute atomic E-state index is 0.155. The highest BCUT2D eigenvalue weighted by atomic mass is 32.2. The number of nitrogens with one attached hydrogen (secondary N) is 1. The molecule has 0 atom stereocenters. The minimum Gasteiger partial charge on any atom is -0.448 e. The molecule has 0 saturated heterocycles. The van der Waals surface area contributed by atoms with Gasteiger partial charge in [0.05, 0.1) is 10.6 Å². The van der Waals surface area contributed by atoms with Gasteiger partial charge in [0.15, 0.2) is 11.5 Å². The Kier molecular flexibility index (Phi) is 4.92. The molecule has 0 unspecified atom stereocenters. The van der Waals surface area contributed by atoms with Crippen LogP contribution in [0.15, 0.2) is 45.4 Å². The highest BCUT2D eigenvalue weighted by Gasteiger charge is 2.42. The van der Waals surface area contributed by atoms with Gasteiger partial charge >= 0.3 is 0 Å². The molecule has 3 aromatic rings. The fourth-order valence-corrected chi connectivity index (χ4v) is 4.77. The van der Waals surface area contributed by atoms with Crippen LogP contribution in [0.3, 0.4) is 0 Å². The van der Waals surface area contributed by atoms with Crippen LogP contribution in [0.2, 0.25) is 0 Å². The first-order chi connectivity index (χ1) is 14.2. The number of aromatic nitrogens is 2.